The Kier molecular flexibility index (Phi) is 6.21. The van der Waals surface area contributed by atoms with Crippen molar-refractivity contribution >= 4 is 5.91 Å². The molecule has 0 aromatic carbocycles. The summed E-state index contributed by atoms with van der Waals surface area (Å²) >= 11 is 0. The summed E-state index contributed by atoms with van der Waals surface area (Å²) in [6, 6.07) is 0.228. The van der Waals surface area contributed by atoms with Gasteiger partial charge in [-0.25, -0.2) is 4.39 Å². The highest BCUT2D eigenvalue weighted by Crippen LogP contribution is 2.23. The van der Waals surface area contributed by atoms with Crippen LogP contribution in [0.3, 0.4) is 0 Å². The van der Waals surface area contributed by atoms with Crippen molar-refractivity contribution in [2.75, 3.05) is 45.9 Å². The van der Waals surface area contributed by atoms with Gasteiger partial charge in [0.1, 0.15) is 6.67 Å². The van der Waals surface area contributed by atoms with Crippen molar-refractivity contribution in [3.05, 3.63) is 0 Å². The van der Waals surface area contributed by atoms with E-state index in [2.05, 4.69) is 37.5 Å². The van der Waals surface area contributed by atoms with Crippen molar-refractivity contribution in [2.45, 2.75) is 46.2 Å². The number of rotatable bonds is 5. The van der Waals surface area contributed by atoms with E-state index in [1.165, 1.54) is 0 Å². The Morgan fingerprint density at radius 2 is 1.86 bits per heavy atom. The third-order valence-corrected chi connectivity index (χ3v) is 4.95. The second kappa shape index (κ2) is 7.73. The molecule has 0 aromatic heterocycles. The second-order valence-corrected chi connectivity index (χ2v) is 7.57. The molecule has 4 nitrogen and oxygen atoms in total. The maximum absolute atomic E-state index is 13.5. The van der Waals surface area contributed by atoms with E-state index in [-0.39, 0.29) is 17.9 Å². The van der Waals surface area contributed by atoms with Crippen LogP contribution in [0.15, 0.2) is 0 Å². The fourth-order valence-corrected chi connectivity index (χ4v) is 3.72. The summed E-state index contributed by atoms with van der Waals surface area (Å²) in [5.41, 5.74) is 0. The fraction of sp³-hybridized carbons (Fsp3) is 0.941. The normalized spacial score (nSPS) is 28.0. The Balaban J connectivity index is 1.92. The quantitative estimate of drug-likeness (QED) is 0.775. The number of halogens is 1. The third-order valence-electron chi connectivity index (χ3n) is 4.95. The number of nitrogens with zero attached hydrogens (tertiary/aromatic N) is 3. The van der Waals surface area contributed by atoms with Crippen LogP contribution >= 0.6 is 0 Å². The highest BCUT2D eigenvalue weighted by molar-refractivity contribution is 5.80. The average molecular weight is 313 g/mol. The van der Waals surface area contributed by atoms with Crippen LogP contribution < -0.4 is 0 Å². The maximum Gasteiger partial charge on any atom is 0.227 e. The van der Waals surface area contributed by atoms with E-state index in [4.69, 9.17) is 0 Å². The molecule has 0 aliphatic carbocycles. The zero-order valence-electron chi connectivity index (χ0n) is 14.6. The van der Waals surface area contributed by atoms with Crippen molar-refractivity contribution in [2.24, 2.45) is 11.8 Å². The molecule has 2 aliphatic heterocycles. The van der Waals surface area contributed by atoms with E-state index in [1.807, 2.05) is 4.90 Å². The number of piperazine rings is 1. The average Bonchev–Trinajstić information content (AvgIpc) is 2.95. The minimum atomic E-state index is -0.430. The molecule has 0 bridgehead atoms. The van der Waals surface area contributed by atoms with Gasteiger partial charge < -0.3 is 9.80 Å². The maximum atomic E-state index is 13.5. The Bertz CT molecular complexity index is 375. The van der Waals surface area contributed by atoms with Crippen LogP contribution in [0.25, 0.3) is 0 Å². The summed E-state index contributed by atoms with van der Waals surface area (Å²) < 4.78 is 13.5. The highest BCUT2D eigenvalue weighted by Gasteiger charge is 2.37. The van der Waals surface area contributed by atoms with Crippen molar-refractivity contribution in [3.63, 3.8) is 0 Å². The SMILES string of the molecule is CC(C)CN1CCN(C(=O)[C@@H]2CCN(C(C)C)C2)[C@H](CF)C1. The van der Waals surface area contributed by atoms with Gasteiger partial charge in [0.15, 0.2) is 0 Å². The molecule has 2 saturated heterocycles. The van der Waals surface area contributed by atoms with Crippen LogP contribution in [0.5, 0.6) is 0 Å². The van der Waals surface area contributed by atoms with Gasteiger partial charge in [0, 0.05) is 38.8 Å². The lowest BCUT2D eigenvalue weighted by Gasteiger charge is -2.42. The topological polar surface area (TPSA) is 26.8 Å². The van der Waals surface area contributed by atoms with Gasteiger partial charge in [-0.15, -0.1) is 0 Å². The van der Waals surface area contributed by atoms with Crippen molar-refractivity contribution in [1.29, 1.82) is 0 Å². The van der Waals surface area contributed by atoms with Crippen LogP contribution in [0.2, 0.25) is 0 Å². The van der Waals surface area contributed by atoms with Gasteiger partial charge in [0.25, 0.3) is 0 Å². The summed E-state index contributed by atoms with van der Waals surface area (Å²) in [5.74, 6) is 0.819. The summed E-state index contributed by atoms with van der Waals surface area (Å²) in [6.07, 6.45) is 0.919. The van der Waals surface area contributed by atoms with E-state index >= 15 is 0 Å². The zero-order valence-corrected chi connectivity index (χ0v) is 14.6. The standard InChI is InChI=1S/C17H32FN3O/c1-13(2)10-19-7-8-21(16(9-18)12-19)17(22)15-5-6-20(11-15)14(3)4/h13-16H,5-12H2,1-4H3/t15-,16-/m1/s1. The van der Waals surface area contributed by atoms with Crippen LogP contribution in [0, 0.1) is 11.8 Å². The molecule has 2 aliphatic rings. The monoisotopic (exact) mass is 313 g/mol. The Morgan fingerprint density at radius 1 is 1.14 bits per heavy atom. The van der Waals surface area contributed by atoms with Crippen LogP contribution in [-0.2, 0) is 4.79 Å². The number of carbonyl (C=O) groups is 1. The summed E-state index contributed by atoms with van der Waals surface area (Å²) in [7, 11) is 0. The van der Waals surface area contributed by atoms with Gasteiger partial charge in [-0.05, 0) is 32.7 Å². The van der Waals surface area contributed by atoms with Gasteiger partial charge in [0.05, 0.1) is 12.0 Å². The molecule has 0 saturated carbocycles. The summed E-state index contributed by atoms with van der Waals surface area (Å²) in [5, 5.41) is 0. The lowest BCUT2D eigenvalue weighted by Crippen LogP contribution is -2.58. The first-order valence-corrected chi connectivity index (χ1v) is 8.75. The number of amides is 1. The van der Waals surface area contributed by atoms with Gasteiger partial charge in [-0.3, -0.25) is 9.69 Å². The summed E-state index contributed by atoms with van der Waals surface area (Å²) in [4.78, 5) is 19.3. The molecule has 22 heavy (non-hydrogen) atoms. The highest BCUT2D eigenvalue weighted by atomic mass is 19.1. The molecular formula is C17H32FN3O. The molecule has 2 fully saturated rings. The zero-order chi connectivity index (χ0) is 16.3. The van der Waals surface area contributed by atoms with E-state index < -0.39 is 6.67 Å². The minimum Gasteiger partial charge on any atom is -0.334 e. The van der Waals surface area contributed by atoms with Gasteiger partial charge in [-0.1, -0.05) is 13.8 Å². The molecule has 1 amide bonds. The van der Waals surface area contributed by atoms with Crippen molar-refractivity contribution in [3.8, 4) is 0 Å². The lowest BCUT2D eigenvalue weighted by atomic mass is 10.0. The van der Waals surface area contributed by atoms with Crippen molar-refractivity contribution in [1.82, 2.24) is 14.7 Å². The number of hydrogen-bond donors (Lipinski definition) is 0. The molecule has 0 radical (unpaired) electrons. The summed E-state index contributed by atoms with van der Waals surface area (Å²) in [6.45, 7) is 13.3. The molecule has 0 unspecified atom stereocenters. The van der Waals surface area contributed by atoms with Crippen LogP contribution in [0.1, 0.15) is 34.1 Å². The fourth-order valence-electron chi connectivity index (χ4n) is 3.72. The second-order valence-electron chi connectivity index (χ2n) is 7.57. The first-order chi connectivity index (χ1) is 10.4. The molecule has 128 valence electrons. The Morgan fingerprint density at radius 3 is 2.41 bits per heavy atom. The lowest BCUT2D eigenvalue weighted by molar-refractivity contribution is -0.140. The van der Waals surface area contributed by atoms with Gasteiger partial charge in [-0.2, -0.15) is 0 Å². The molecular weight excluding hydrogens is 281 g/mol. The van der Waals surface area contributed by atoms with Crippen LogP contribution in [-0.4, -0.2) is 78.6 Å². The molecule has 0 aromatic rings. The van der Waals surface area contributed by atoms with E-state index in [1.54, 1.807) is 0 Å². The van der Waals surface area contributed by atoms with E-state index in [9.17, 15) is 9.18 Å². The Hall–Kier alpha value is -0.680. The number of carbonyl (C=O) groups excluding carboxylic acids is 1. The van der Waals surface area contributed by atoms with Crippen molar-refractivity contribution < 1.29 is 9.18 Å². The molecule has 0 spiro atoms. The molecule has 2 heterocycles. The molecule has 2 rings (SSSR count). The predicted octanol–water partition coefficient (Wildman–Crippen LogP) is 1.85. The Labute approximate surface area is 134 Å². The van der Waals surface area contributed by atoms with Crippen LogP contribution in [0.4, 0.5) is 4.39 Å². The molecule has 0 N–H and O–H groups in total. The van der Waals surface area contributed by atoms with Gasteiger partial charge >= 0.3 is 0 Å². The van der Waals surface area contributed by atoms with E-state index in [0.717, 1.165) is 32.6 Å². The minimum absolute atomic E-state index is 0.0631. The molecule has 5 heteroatoms. The first kappa shape index (κ1) is 17.7. The molecule has 2 atom stereocenters. The first-order valence-electron chi connectivity index (χ1n) is 8.75. The van der Waals surface area contributed by atoms with Gasteiger partial charge in [0.2, 0.25) is 5.91 Å². The number of hydrogen-bond acceptors (Lipinski definition) is 3. The predicted molar refractivity (Wildman–Crippen MR) is 87.6 cm³/mol. The number of alkyl halides is 1. The largest absolute Gasteiger partial charge is 0.334 e. The van der Waals surface area contributed by atoms with E-state index in [0.29, 0.717) is 25.0 Å². The smallest absolute Gasteiger partial charge is 0.227 e. The third kappa shape index (κ3) is 4.19. The number of likely N-dealkylation sites (tertiary alicyclic amines) is 1.